The van der Waals surface area contributed by atoms with Crippen molar-refractivity contribution in [2.45, 2.75) is 106 Å². The number of hydrogen-bond donors (Lipinski definition) is 2. The van der Waals surface area contributed by atoms with E-state index >= 15 is 0 Å². The van der Waals surface area contributed by atoms with E-state index in [2.05, 4.69) is 47.6 Å². The number of allylic oxidation sites excluding steroid dienone is 2. The van der Waals surface area contributed by atoms with E-state index < -0.39 is 12.1 Å². The maximum atomic E-state index is 12.8. The van der Waals surface area contributed by atoms with E-state index in [0.717, 1.165) is 25.7 Å². The number of carboxylic acids is 1. The first kappa shape index (κ1) is 25.7. The van der Waals surface area contributed by atoms with Crippen LogP contribution in [-0.2, 0) is 9.59 Å². The Labute approximate surface area is 206 Å². The van der Waals surface area contributed by atoms with Gasteiger partial charge in [0.1, 0.15) is 5.78 Å². The summed E-state index contributed by atoms with van der Waals surface area (Å²) in [5.74, 6) is 1.32. The second kappa shape index (κ2) is 8.32. The van der Waals surface area contributed by atoms with Gasteiger partial charge in [0.25, 0.3) is 0 Å². The molecule has 0 aromatic carbocycles. The van der Waals surface area contributed by atoms with Crippen molar-refractivity contribution in [3.8, 4) is 0 Å². The Morgan fingerprint density at radius 2 is 1.82 bits per heavy atom. The van der Waals surface area contributed by atoms with Crippen molar-refractivity contribution in [3.63, 3.8) is 0 Å². The molecule has 34 heavy (non-hydrogen) atoms. The number of Topliss-reactive ketones (excluding diaryl/α,β-unsaturated/α-hetero) is 1. The van der Waals surface area contributed by atoms with Crippen LogP contribution in [-0.4, -0.2) is 28.1 Å². The number of hydrogen-bond acceptors (Lipinski definition) is 3. The van der Waals surface area contributed by atoms with Gasteiger partial charge < -0.3 is 10.2 Å². The van der Waals surface area contributed by atoms with Gasteiger partial charge in [-0.1, -0.05) is 53.2 Å². The molecule has 0 radical (unpaired) electrons. The average Bonchev–Trinajstić information content (AvgIpc) is 3.02. The first-order chi connectivity index (χ1) is 15.7. The molecule has 4 rings (SSSR count). The maximum Gasteiger partial charge on any atom is 0.331 e. The van der Waals surface area contributed by atoms with Crippen LogP contribution in [0.5, 0.6) is 0 Å². The molecular formula is C30H46O4. The monoisotopic (exact) mass is 470 g/mol. The van der Waals surface area contributed by atoms with E-state index in [1.165, 1.54) is 25.3 Å². The van der Waals surface area contributed by atoms with Gasteiger partial charge >= 0.3 is 5.97 Å². The largest absolute Gasteiger partial charge is 0.478 e. The number of aliphatic hydroxyl groups excluding tert-OH is 1. The molecule has 0 spiro atoms. The van der Waals surface area contributed by atoms with Crippen molar-refractivity contribution < 1.29 is 19.8 Å². The molecule has 0 aliphatic heterocycles. The van der Waals surface area contributed by atoms with Crippen LogP contribution in [0, 0.1) is 45.3 Å². The van der Waals surface area contributed by atoms with Crippen LogP contribution in [0.4, 0.5) is 0 Å². The number of carbonyl (C=O) groups excluding carboxylic acids is 1. The summed E-state index contributed by atoms with van der Waals surface area (Å²) in [5, 5.41) is 19.7. The quantitative estimate of drug-likeness (QED) is 0.352. The van der Waals surface area contributed by atoms with E-state index in [1.54, 1.807) is 12.5 Å². The normalized spacial score (nSPS) is 43.3. The molecule has 0 heterocycles. The van der Waals surface area contributed by atoms with Crippen molar-refractivity contribution in [2.24, 2.45) is 45.3 Å². The molecule has 4 aliphatic carbocycles. The molecule has 4 aliphatic rings. The Morgan fingerprint density at radius 3 is 2.47 bits per heavy atom. The highest BCUT2D eigenvalue weighted by atomic mass is 16.4. The molecule has 2 N–H and O–H groups in total. The number of rotatable bonds is 5. The van der Waals surface area contributed by atoms with Crippen LogP contribution in [0.1, 0.15) is 99.8 Å². The first-order valence-electron chi connectivity index (χ1n) is 13.5. The summed E-state index contributed by atoms with van der Waals surface area (Å²) < 4.78 is 0. The van der Waals surface area contributed by atoms with Gasteiger partial charge in [-0.05, 0) is 97.9 Å². The van der Waals surface area contributed by atoms with Crippen molar-refractivity contribution >= 4 is 11.8 Å². The Bertz CT molecular complexity index is 928. The lowest BCUT2D eigenvalue weighted by molar-refractivity contribution is -0.146. The number of aliphatic hydroxyl groups is 1. The molecular weight excluding hydrogens is 424 g/mol. The maximum absolute atomic E-state index is 12.8. The van der Waals surface area contributed by atoms with Gasteiger partial charge in [-0.25, -0.2) is 4.79 Å². The molecule has 0 amide bonds. The predicted molar refractivity (Wildman–Crippen MR) is 135 cm³/mol. The summed E-state index contributed by atoms with van der Waals surface area (Å²) in [4.78, 5) is 24.0. The molecule has 4 heteroatoms. The lowest BCUT2D eigenvalue weighted by Gasteiger charge is -2.63. The topological polar surface area (TPSA) is 74.6 Å². The van der Waals surface area contributed by atoms with Crippen LogP contribution in [0.25, 0.3) is 0 Å². The third-order valence-corrected chi connectivity index (χ3v) is 11.7. The summed E-state index contributed by atoms with van der Waals surface area (Å²) in [6.45, 7) is 15.7. The number of carboxylic acid groups (broad SMARTS) is 1. The highest BCUT2D eigenvalue weighted by Gasteiger charge is 2.65. The van der Waals surface area contributed by atoms with E-state index in [0.29, 0.717) is 35.9 Å². The van der Waals surface area contributed by atoms with Crippen molar-refractivity contribution in [3.05, 3.63) is 23.3 Å². The second-order valence-corrected chi connectivity index (χ2v) is 13.5. The van der Waals surface area contributed by atoms with Gasteiger partial charge in [0.05, 0.1) is 6.10 Å². The zero-order valence-corrected chi connectivity index (χ0v) is 22.4. The number of fused-ring (bicyclic) bond motifs is 5. The molecule has 190 valence electrons. The summed E-state index contributed by atoms with van der Waals surface area (Å²) in [7, 11) is 0. The molecule has 3 fully saturated rings. The van der Waals surface area contributed by atoms with E-state index in [9.17, 15) is 14.7 Å². The minimum Gasteiger partial charge on any atom is -0.478 e. The third-order valence-electron chi connectivity index (χ3n) is 11.7. The van der Waals surface area contributed by atoms with Gasteiger partial charge in [0.15, 0.2) is 0 Å². The van der Waals surface area contributed by atoms with Crippen LogP contribution in [0.3, 0.4) is 0 Å². The number of carbonyl (C=O) groups is 2. The van der Waals surface area contributed by atoms with Crippen molar-refractivity contribution in [2.75, 3.05) is 0 Å². The average molecular weight is 471 g/mol. The van der Waals surface area contributed by atoms with Crippen molar-refractivity contribution in [1.82, 2.24) is 0 Å². The lowest BCUT2D eigenvalue weighted by atomic mass is 9.41. The molecule has 8 atom stereocenters. The minimum atomic E-state index is -0.964. The number of aliphatic carboxylic acids is 1. The summed E-state index contributed by atoms with van der Waals surface area (Å²) in [6.07, 6.45) is 11.4. The lowest BCUT2D eigenvalue weighted by Crippen LogP contribution is -2.57. The summed E-state index contributed by atoms with van der Waals surface area (Å²) >= 11 is 0. The van der Waals surface area contributed by atoms with E-state index in [-0.39, 0.29) is 27.2 Å². The molecule has 0 aromatic heterocycles. The Morgan fingerprint density at radius 1 is 1.15 bits per heavy atom. The fourth-order valence-corrected chi connectivity index (χ4v) is 9.44. The molecule has 0 saturated heterocycles. The summed E-state index contributed by atoms with van der Waals surface area (Å²) in [6, 6.07) is 0. The highest BCUT2D eigenvalue weighted by molar-refractivity contribution is 5.86. The fourth-order valence-electron chi connectivity index (χ4n) is 9.44. The molecule has 0 bridgehead atoms. The molecule has 8 unspecified atom stereocenters. The van der Waals surface area contributed by atoms with Gasteiger partial charge in [-0.2, -0.15) is 0 Å². The second-order valence-electron chi connectivity index (χ2n) is 13.5. The predicted octanol–water partition coefficient (Wildman–Crippen LogP) is 6.58. The zero-order valence-electron chi connectivity index (χ0n) is 22.4. The van der Waals surface area contributed by atoms with Gasteiger partial charge in [-0.15, -0.1) is 0 Å². The van der Waals surface area contributed by atoms with Gasteiger partial charge in [0.2, 0.25) is 0 Å². The van der Waals surface area contributed by atoms with E-state index in [4.69, 9.17) is 5.11 Å². The highest BCUT2D eigenvalue weighted by Crippen LogP contribution is 2.73. The number of ketones is 1. The first-order valence-corrected chi connectivity index (χ1v) is 13.5. The Balaban J connectivity index is 1.60. The van der Waals surface area contributed by atoms with Crippen LogP contribution in [0.15, 0.2) is 23.3 Å². The zero-order chi connectivity index (χ0) is 25.3. The van der Waals surface area contributed by atoms with Crippen LogP contribution >= 0.6 is 0 Å². The van der Waals surface area contributed by atoms with Gasteiger partial charge in [0, 0.05) is 17.4 Å². The SMILES string of the molecule is CC(=CC(O)CC(C)C1CCC2(C)C3=CCC4C(C)(C)C(=O)CCC4(C)C3CCC12C)C(=O)O. The van der Waals surface area contributed by atoms with Crippen LogP contribution < -0.4 is 0 Å². The fraction of sp³-hybridized carbons (Fsp3) is 0.800. The molecule has 0 aromatic rings. The standard InChI is InChI=1S/C30H46O4/c1-18(16-20(31)17-19(2)26(33)34)21-10-14-30(7)23-8-9-24-27(3,4)25(32)12-13-28(24,5)22(23)11-15-29(21,30)6/h8,17-18,20-22,24,31H,9-16H2,1-7H3,(H,33,34). The minimum absolute atomic E-state index is 0.159. The summed E-state index contributed by atoms with van der Waals surface area (Å²) in [5.41, 5.74) is 2.19. The van der Waals surface area contributed by atoms with Crippen molar-refractivity contribution in [1.29, 1.82) is 0 Å². The smallest absolute Gasteiger partial charge is 0.331 e. The van der Waals surface area contributed by atoms with Gasteiger partial charge in [-0.3, -0.25) is 4.79 Å². The Hall–Kier alpha value is -1.42. The molecule has 3 saturated carbocycles. The van der Waals surface area contributed by atoms with E-state index in [1.807, 2.05) is 0 Å². The molecule has 4 nitrogen and oxygen atoms in total. The van der Waals surface area contributed by atoms with Crippen LogP contribution in [0.2, 0.25) is 0 Å². The third kappa shape index (κ3) is 3.57. The Kier molecular flexibility index (Phi) is 6.28.